The van der Waals surface area contributed by atoms with Crippen molar-refractivity contribution in [1.29, 1.82) is 0 Å². The summed E-state index contributed by atoms with van der Waals surface area (Å²) < 4.78 is 5.15. The zero-order chi connectivity index (χ0) is 18.4. The van der Waals surface area contributed by atoms with Gasteiger partial charge in [-0.2, -0.15) is 0 Å². The Kier molecular flexibility index (Phi) is 6.17. The molecule has 0 saturated heterocycles. The Morgan fingerprint density at radius 3 is 2.16 bits per heavy atom. The number of rotatable bonds is 6. The van der Waals surface area contributed by atoms with E-state index in [1.54, 1.807) is 7.11 Å². The molecule has 0 radical (unpaired) electrons. The molecule has 0 heterocycles. The van der Waals surface area contributed by atoms with Gasteiger partial charge in [0.25, 0.3) is 0 Å². The average Bonchev–Trinajstić information content (AvgIpc) is 2.57. The van der Waals surface area contributed by atoms with E-state index in [4.69, 9.17) is 4.74 Å². The van der Waals surface area contributed by atoms with Gasteiger partial charge in [0.1, 0.15) is 5.75 Å². The van der Waals surface area contributed by atoms with Crippen LogP contribution in [-0.2, 0) is 9.59 Å². The van der Waals surface area contributed by atoms with Crippen LogP contribution in [0.5, 0.6) is 5.75 Å². The number of para-hydroxylation sites is 1. The number of carbonyl (C=O) groups excluding carboxylic acids is 2. The highest BCUT2D eigenvalue weighted by atomic mass is 16.5. The van der Waals surface area contributed by atoms with E-state index in [1.807, 2.05) is 56.3 Å². The quantitative estimate of drug-likeness (QED) is 0.845. The van der Waals surface area contributed by atoms with Crippen molar-refractivity contribution in [2.24, 2.45) is 0 Å². The van der Waals surface area contributed by atoms with Crippen molar-refractivity contribution in [2.45, 2.75) is 33.2 Å². The lowest BCUT2D eigenvalue weighted by Crippen LogP contribution is -2.30. The van der Waals surface area contributed by atoms with Crippen LogP contribution < -0.4 is 15.4 Å². The van der Waals surface area contributed by atoms with Crippen molar-refractivity contribution in [3.8, 4) is 5.75 Å². The van der Waals surface area contributed by atoms with Crippen LogP contribution in [0.3, 0.4) is 0 Å². The van der Waals surface area contributed by atoms with E-state index in [-0.39, 0.29) is 18.2 Å². The van der Waals surface area contributed by atoms with Crippen molar-refractivity contribution in [2.75, 3.05) is 12.4 Å². The third kappa shape index (κ3) is 5.08. The summed E-state index contributed by atoms with van der Waals surface area (Å²) in [5, 5.41) is 5.80. The fourth-order valence-electron chi connectivity index (χ4n) is 2.72. The molecule has 0 saturated carbocycles. The van der Waals surface area contributed by atoms with Gasteiger partial charge in [-0.25, -0.2) is 0 Å². The molecule has 0 aromatic heterocycles. The van der Waals surface area contributed by atoms with Crippen LogP contribution in [0.25, 0.3) is 0 Å². The zero-order valence-electron chi connectivity index (χ0n) is 15.1. The van der Waals surface area contributed by atoms with Crippen LogP contribution >= 0.6 is 0 Å². The maximum Gasteiger partial charge on any atom is 0.226 e. The van der Waals surface area contributed by atoms with Gasteiger partial charge in [0.05, 0.1) is 19.6 Å². The van der Waals surface area contributed by atoms with Gasteiger partial charge >= 0.3 is 0 Å². The number of anilines is 1. The molecule has 0 spiro atoms. The lowest BCUT2D eigenvalue weighted by molar-refractivity contribution is -0.120. The molecule has 0 unspecified atom stereocenters. The van der Waals surface area contributed by atoms with E-state index in [0.717, 1.165) is 28.1 Å². The van der Waals surface area contributed by atoms with Gasteiger partial charge in [-0.05, 0) is 42.7 Å². The van der Waals surface area contributed by atoms with E-state index < -0.39 is 6.04 Å². The van der Waals surface area contributed by atoms with E-state index >= 15 is 0 Å². The average molecular weight is 340 g/mol. The summed E-state index contributed by atoms with van der Waals surface area (Å²) >= 11 is 0. The maximum atomic E-state index is 12.5. The molecule has 0 aliphatic heterocycles. The van der Waals surface area contributed by atoms with Crippen LogP contribution in [0.15, 0.2) is 42.5 Å². The lowest BCUT2D eigenvalue weighted by Gasteiger charge is -2.19. The minimum atomic E-state index is -0.396. The summed E-state index contributed by atoms with van der Waals surface area (Å²) in [6.07, 6.45) is 0.152. The van der Waals surface area contributed by atoms with E-state index in [2.05, 4.69) is 10.6 Å². The predicted molar refractivity (Wildman–Crippen MR) is 98.7 cm³/mol. The number of amides is 2. The summed E-state index contributed by atoms with van der Waals surface area (Å²) in [7, 11) is 1.60. The van der Waals surface area contributed by atoms with Gasteiger partial charge in [0.15, 0.2) is 0 Å². The third-order valence-corrected chi connectivity index (χ3v) is 4.03. The first kappa shape index (κ1) is 18.5. The Hall–Kier alpha value is -2.82. The molecule has 5 heteroatoms. The molecule has 2 aromatic carbocycles. The van der Waals surface area contributed by atoms with E-state index in [9.17, 15) is 9.59 Å². The second kappa shape index (κ2) is 8.33. The van der Waals surface area contributed by atoms with Gasteiger partial charge in [-0.15, -0.1) is 0 Å². The Bertz CT molecular complexity index is 734. The fourth-order valence-corrected chi connectivity index (χ4v) is 2.72. The van der Waals surface area contributed by atoms with E-state index in [1.165, 1.54) is 6.92 Å². The van der Waals surface area contributed by atoms with Gasteiger partial charge in [-0.1, -0.05) is 30.3 Å². The van der Waals surface area contributed by atoms with Crippen molar-refractivity contribution in [1.82, 2.24) is 5.32 Å². The summed E-state index contributed by atoms with van der Waals surface area (Å²) in [6.45, 7) is 5.36. The number of ether oxygens (including phenoxy) is 1. The Morgan fingerprint density at radius 1 is 1.04 bits per heavy atom. The largest absolute Gasteiger partial charge is 0.497 e. The van der Waals surface area contributed by atoms with Crippen molar-refractivity contribution in [3.05, 3.63) is 59.2 Å². The predicted octanol–water partition coefficient (Wildman–Crippen LogP) is 3.52. The number of nitrogens with one attached hydrogen (secondary N) is 2. The molecule has 2 aromatic rings. The number of methoxy groups -OCH3 is 1. The highest BCUT2D eigenvalue weighted by molar-refractivity contribution is 5.93. The molecule has 2 amide bonds. The first-order valence-corrected chi connectivity index (χ1v) is 8.18. The van der Waals surface area contributed by atoms with Gasteiger partial charge in [-0.3, -0.25) is 9.59 Å². The second-order valence-electron chi connectivity index (χ2n) is 6.05. The zero-order valence-corrected chi connectivity index (χ0v) is 15.1. The van der Waals surface area contributed by atoms with Crippen LogP contribution in [0.1, 0.15) is 36.1 Å². The van der Waals surface area contributed by atoms with Gasteiger partial charge < -0.3 is 15.4 Å². The topological polar surface area (TPSA) is 67.4 Å². The van der Waals surface area contributed by atoms with E-state index in [0.29, 0.717) is 0 Å². The summed E-state index contributed by atoms with van der Waals surface area (Å²) in [6, 6.07) is 12.8. The second-order valence-corrected chi connectivity index (χ2v) is 6.05. The van der Waals surface area contributed by atoms with Crippen LogP contribution in [0, 0.1) is 13.8 Å². The van der Waals surface area contributed by atoms with Gasteiger partial charge in [0, 0.05) is 12.6 Å². The standard InChI is InChI=1S/C20H24N2O3/c1-13-6-5-7-14(2)20(13)22-19(24)12-18(21-15(3)23)16-8-10-17(25-4)11-9-16/h5-11,18H,12H2,1-4H3,(H,21,23)(H,22,24)/t18-/m0/s1. The molecule has 0 fully saturated rings. The monoisotopic (exact) mass is 340 g/mol. The Balaban J connectivity index is 2.15. The lowest BCUT2D eigenvalue weighted by atomic mass is 10.0. The SMILES string of the molecule is COc1ccc([C@H](CC(=O)Nc2c(C)cccc2C)NC(C)=O)cc1. The number of benzene rings is 2. The van der Waals surface area contributed by atoms with Crippen molar-refractivity contribution < 1.29 is 14.3 Å². The summed E-state index contributed by atoms with van der Waals surface area (Å²) in [5.41, 5.74) is 3.69. The molecule has 5 nitrogen and oxygen atoms in total. The summed E-state index contributed by atoms with van der Waals surface area (Å²) in [5.74, 6) is 0.401. The first-order chi connectivity index (χ1) is 11.9. The smallest absolute Gasteiger partial charge is 0.226 e. The van der Waals surface area contributed by atoms with Crippen molar-refractivity contribution >= 4 is 17.5 Å². The molecule has 0 aliphatic rings. The maximum absolute atomic E-state index is 12.5. The molecule has 2 rings (SSSR count). The van der Waals surface area contributed by atoms with Crippen molar-refractivity contribution in [3.63, 3.8) is 0 Å². The number of carbonyl (C=O) groups is 2. The van der Waals surface area contributed by atoms with Crippen LogP contribution in [0.4, 0.5) is 5.69 Å². The summed E-state index contributed by atoms with van der Waals surface area (Å²) in [4.78, 5) is 24.0. The van der Waals surface area contributed by atoms with Gasteiger partial charge in [0.2, 0.25) is 11.8 Å². The molecular weight excluding hydrogens is 316 g/mol. The number of hydrogen-bond acceptors (Lipinski definition) is 3. The molecule has 132 valence electrons. The number of hydrogen-bond donors (Lipinski definition) is 2. The fraction of sp³-hybridized carbons (Fsp3) is 0.300. The number of aryl methyl sites for hydroxylation is 2. The third-order valence-electron chi connectivity index (χ3n) is 4.03. The minimum absolute atomic E-state index is 0.146. The molecule has 0 aliphatic carbocycles. The Labute approximate surface area is 148 Å². The molecule has 0 bridgehead atoms. The normalized spacial score (nSPS) is 11.5. The molecule has 1 atom stereocenters. The molecular formula is C20H24N2O3. The highest BCUT2D eigenvalue weighted by Crippen LogP contribution is 2.23. The minimum Gasteiger partial charge on any atom is -0.497 e. The van der Waals surface area contributed by atoms with Crippen LogP contribution in [-0.4, -0.2) is 18.9 Å². The first-order valence-electron chi connectivity index (χ1n) is 8.18. The van der Waals surface area contributed by atoms with Crippen LogP contribution in [0.2, 0.25) is 0 Å². The molecule has 25 heavy (non-hydrogen) atoms. The highest BCUT2D eigenvalue weighted by Gasteiger charge is 2.18. The molecule has 2 N–H and O–H groups in total. The Morgan fingerprint density at radius 2 is 1.64 bits per heavy atom.